The first-order chi connectivity index (χ1) is 3.06. The minimum atomic E-state index is -3.35. The molecule has 0 rings (SSSR count). The Morgan fingerprint density at radius 2 is 2.00 bits per heavy atom. The second-order valence-electron chi connectivity index (χ2n) is 1.06. The summed E-state index contributed by atoms with van der Waals surface area (Å²) in [5.74, 6) is 0. The largest absolute Gasteiger partial charge is 0.230 e. The van der Waals surface area contributed by atoms with Gasteiger partial charge in [-0.1, -0.05) is 6.08 Å². The van der Waals surface area contributed by atoms with E-state index >= 15 is 0 Å². The summed E-state index contributed by atoms with van der Waals surface area (Å²) >= 11 is 0. The van der Waals surface area contributed by atoms with Crippen LogP contribution in [0.5, 0.6) is 0 Å². The van der Waals surface area contributed by atoms with Gasteiger partial charge in [0, 0.05) is 5.41 Å². The lowest BCUT2D eigenvalue weighted by Gasteiger charge is -1.78. The van der Waals surface area contributed by atoms with Crippen molar-refractivity contribution in [3.63, 3.8) is 0 Å². The van der Waals surface area contributed by atoms with Crippen molar-refractivity contribution in [1.29, 1.82) is 0 Å². The molecule has 42 valence electrons. The predicted octanol–water partition coefficient (Wildman–Crippen LogP) is -0.191. The normalized spacial score (nSPS) is 12.9. The minimum absolute atomic E-state index is 0.938. The second-order valence-corrected chi connectivity index (χ2v) is 2.51. The van der Waals surface area contributed by atoms with Crippen LogP contribution in [-0.4, -0.2) is 8.42 Å². The molecular weight excluding hydrogens is 114 g/mol. The van der Waals surface area contributed by atoms with Gasteiger partial charge in [0.25, 0.3) is 0 Å². The Hall–Kier alpha value is -0.350. The monoisotopic (exact) mass is 121 g/mol. The van der Waals surface area contributed by atoms with E-state index in [0.29, 0.717) is 0 Å². The molecule has 0 saturated heterocycles. The Kier molecular flexibility index (Phi) is 1.98. The molecule has 0 spiro atoms. The van der Waals surface area contributed by atoms with Gasteiger partial charge in [-0.15, -0.1) is 0 Å². The van der Waals surface area contributed by atoms with Crippen LogP contribution in [0.2, 0.25) is 0 Å². The lowest BCUT2D eigenvalue weighted by Crippen LogP contribution is -2.06. The van der Waals surface area contributed by atoms with Gasteiger partial charge in [0.15, 0.2) is 0 Å². The summed E-state index contributed by atoms with van der Waals surface area (Å²) in [6.07, 6.45) is 1.37. The Morgan fingerprint density at radius 3 is 2.00 bits per heavy atom. The standard InChI is InChI=1S/C3H7NO2S/c1-2-3-7(4,5)6/h2-3H,1H3,(H2,4,5,6)/b3-2+. The van der Waals surface area contributed by atoms with Crippen LogP contribution in [0.15, 0.2) is 11.5 Å². The van der Waals surface area contributed by atoms with Crippen molar-refractivity contribution in [2.24, 2.45) is 5.14 Å². The van der Waals surface area contributed by atoms with Gasteiger partial charge in [0.2, 0.25) is 10.0 Å². The number of sulfonamides is 1. The summed E-state index contributed by atoms with van der Waals surface area (Å²) in [7, 11) is -3.35. The fourth-order valence-electron chi connectivity index (χ4n) is 0.190. The Balaban J connectivity index is 4.13. The molecule has 0 aromatic rings. The third kappa shape index (κ3) is 5.65. The second kappa shape index (κ2) is 2.09. The van der Waals surface area contributed by atoms with Crippen LogP contribution in [0.3, 0.4) is 0 Å². The fourth-order valence-corrected chi connectivity index (χ4v) is 0.569. The number of rotatable bonds is 1. The molecule has 2 N–H and O–H groups in total. The van der Waals surface area contributed by atoms with Crippen LogP contribution in [-0.2, 0) is 10.0 Å². The Labute approximate surface area is 42.9 Å². The first-order valence-corrected chi connectivity index (χ1v) is 3.32. The highest BCUT2D eigenvalue weighted by molar-refractivity contribution is 7.92. The molecule has 4 heteroatoms. The molecule has 0 aromatic heterocycles. The number of primary sulfonamides is 1. The summed E-state index contributed by atoms with van der Waals surface area (Å²) < 4.78 is 19.8. The lowest BCUT2D eigenvalue weighted by atomic mass is 10.8. The van der Waals surface area contributed by atoms with Crippen molar-refractivity contribution < 1.29 is 8.42 Å². The van der Waals surface area contributed by atoms with Crippen LogP contribution in [0.4, 0.5) is 0 Å². The summed E-state index contributed by atoms with van der Waals surface area (Å²) in [5.41, 5.74) is 0. The SMILES string of the molecule is C/C=C/S(N)(=O)=O. The van der Waals surface area contributed by atoms with Crippen LogP contribution in [0.25, 0.3) is 0 Å². The molecule has 0 radical (unpaired) electrons. The molecule has 0 aliphatic heterocycles. The first kappa shape index (κ1) is 6.65. The van der Waals surface area contributed by atoms with Crippen LogP contribution >= 0.6 is 0 Å². The van der Waals surface area contributed by atoms with E-state index in [-0.39, 0.29) is 0 Å². The zero-order valence-corrected chi connectivity index (χ0v) is 4.77. The molecule has 0 saturated carbocycles. The van der Waals surface area contributed by atoms with Gasteiger partial charge in [-0.2, -0.15) is 0 Å². The van der Waals surface area contributed by atoms with E-state index in [1.54, 1.807) is 6.92 Å². The summed E-state index contributed by atoms with van der Waals surface area (Å²) in [5, 5.41) is 5.47. The number of allylic oxidation sites excluding steroid dienone is 1. The van der Waals surface area contributed by atoms with E-state index in [1.807, 2.05) is 0 Å². The molecule has 0 bridgehead atoms. The molecule has 0 aliphatic carbocycles. The molecule has 0 aromatic carbocycles. The Bertz CT molecular complexity index is 156. The molecule has 3 nitrogen and oxygen atoms in total. The zero-order valence-electron chi connectivity index (χ0n) is 3.96. The predicted molar refractivity (Wildman–Crippen MR) is 27.9 cm³/mol. The minimum Gasteiger partial charge on any atom is -0.225 e. The highest BCUT2D eigenvalue weighted by Gasteiger charge is 1.87. The van der Waals surface area contributed by atoms with Gasteiger partial charge < -0.3 is 0 Å². The maximum atomic E-state index is 9.92. The van der Waals surface area contributed by atoms with Crippen molar-refractivity contribution in [1.82, 2.24) is 0 Å². The maximum Gasteiger partial charge on any atom is 0.230 e. The molecule has 0 aliphatic rings. The van der Waals surface area contributed by atoms with Crippen LogP contribution in [0, 0.1) is 0 Å². The fraction of sp³-hybridized carbons (Fsp3) is 0.333. The van der Waals surface area contributed by atoms with E-state index in [9.17, 15) is 8.42 Å². The highest BCUT2D eigenvalue weighted by Crippen LogP contribution is 1.76. The summed E-state index contributed by atoms with van der Waals surface area (Å²) in [6, 6.07) is 0. The van der Waals surface area contributed by atoms with Crippen molar-refractivity contribution in [3.8, 4) is 0 Å². The van der Waals surface area contributed by atoms with Gasteiger partial charge in [-0.05, 0) is 6.92 Å². The van der Waals surface area contributed by atoms with E-state index in [1.165, 1.54) is 6.08 Å². The quantitative estimate of drug-likeness (QED) is 0.522. The number of hydrogen-bond acceptors (Lipinski definition) is 2. The molecule has 0 unspecified atom stereocenters. The first-order valence-electron chi connectivity index (χ1n) is 1.72. The van der Waals surface area contributed by atoms with E-state index in [4.69, 9.17) is 0 Å². The smallest absolute Gasteiger partial charge is 0.225 e. The van der Waals surface area contributed by atoms with Crippen molar-refractivity contribution in [2.45, 2.75) is 6.92 Å². The third-order valence-corrected chi connectivity index (χ3v) is 0.977. The van der Waals surface area contributed by atoms with Gasteiger partial charge in [-0.3, -0.25) is 0 Å². The zero-order chi connectivity index (χ0) is 5.91. The van der Waals surface area contributed by atoms with Gasteiger partial charge in [0.05, 0.1) is 0 Å². The number of hydrogen-bond donors (Lipinski definition) is 1. The molecular formula is C3H7NO2S. The van der Waals surface area contributed by atoms with Gasteiger partial charge >= 0.3 is 0 Å². The Morgan fingerprint density at radius 1 is 1.57 bits per heavy atom. The van der Waals surface area contributed by atoms with E-state index < -0.39 is 10.0 Å². The lowest BCUT2D eigenvalue weighted by molar-refractivity contribution is 0.606. The third-order valence-electron chi connectivity index (χ3n) is 0.326. The van der Waals surface area contributed by atoms with Gasteiger partial charge in [0.1, 0.15) is 0 Å². The average Bonchev–Trinajstić information content (AvgIpc) is 1.30. The van der Waals surface area contributed by atoms with E-state index in [0.717, 1.165) is 5.41 Å². The van der Waals surface area contributed by atoms with Crippen molar-refractivity contribution in [3.05, 3.63) is 11.5 Å². The maximum absolute atomic E-state index is 9.92. The molecule has 0 atom stereocenters. The highest BCUT2D eigenvalue weighted by atomic mass is 32.2. The molecule has 0 heterocycles. The molecule has 0 amide bonds. The summed E-state index contributed by atoms with van der Waals surface area (Å²) in [4.78, 5) is 0. The van der Waals surface area contributed by atoms with Crippen molar-refractivity contribution in [2.75, 3.05) is 0 Å². The summed E-state index contributed by atoms with van der Waals surface area (Å²) in [6.45, 7) is 1.59. The van der Waals surface area contributed by atoms with Gasteiger partial charge in [-0.25, -0.2) is 13.6 Å². The molecule has 7 heavy (non-hydrogen) atoms. The number of nitrogens with two attached hydrogens (primary N) is 1. The van der Waals surface area contributed by atoms with Crippen molar-refractivity contribution >= 4 is 10.0 Å². The molecule has 0 fully saturated rings. The van der Waals surface area contributed by atoms with Crippen LogP contribution < -0.4 is 5.14 Å². The van der Waals surface area contributed by atoms with E-state index in [2.05, 4.69) is 5.14 Å². The average molecular weight is 121 g/mol. The topological polar surface area (TPSA) is 60.2 Å². The van der Waals surface area contributed by atoms with Crippen LogP contribution in [0.1, 0.15) is 6.92 Å².